The minimum absolute atomic E-state index is 0.0104. The predicted octanol–water partition coefficient (Wildman–Crippen LogP) is 4.21. The Morgan fingerprint density at radius 3 is 2.50 bits per heavy atom. The summed E-state index contributed by atoms with van der Waals surface area (Å²) in [6, 6.07) is 13.0. The first-order chi connectivity index (χ1) is 14.5. The van der Waals surface area contributed by atoms with Gasteiger partial charge in [0.25, 0.3) is 0 Å². The SMILES string of the molecule is CC(=O)c1ccc(NC(=O)[C@H](C)N2CCC[C@@H]2c2ccc3c(c2)OCCCO3)cc1. The van der Waals surface area contributed by atoms with Crippen LogP contribution < -0.4 is 14.8 Å². The van der Waals surface area contributed by atoms with Gasteiger partial charge in [0.05, 0.1) is 19.3 Å². The number of amides is 1. The maximum absolute atomic E-state index is 12.9. The van der Waals surface area contributed by atoms with E-state index in [9.17, 15) is 9.59 Å². The van der Waals surface area contributed by atoms with Crippen molar-refractivity contribution >= 4 is 17.4 Å². The average molecular weight is 408 g/mol. The number of rotatable bonds is 5. The summed E-state index contributed by atoms with van der Waals surface area (Å²) in [6.45, 7) is 5.68. The Balaban J connectivity index is 1.46. The van der Waals surface area contributed by atoms with Crippen molar-refractivity contribution in [2.24, 2.45) is 0 Å². The van der Waals surface area contributed by atoms with Crippen molar-refractivity contribution in [3.05, 3.63) is 53.6 Å². The minimum Gasteiger partial charge on any atom is -0.490 e. The lowest BCUT2D eigenvalue weighted by molar-refractivity contribution is -0.121. The zero-order valence-corrected chi connectivity index (χ0v) is 17.5. The largest absolute Gasteiger partial charge is 0.490 e. The van der Waals surface area contributed by atoms with E-state index in [0.29, 0.717) is 24.5 Å². The molecule has 2 aromatic rings. The number of ether oxygens (including phenoxy) is 2. The number of benzene rings is 2. The van der Waals surface area contributed by atoms with Crippen LogP contribution in [0.25, 0.3) is 0 Å². The summed E-state index contributed by atoms with van der Waals surface area (Å²) in [4.78, 5) is 26.6. The molecule has 0 spiro atoms. The van der Waals surface area contributed by atoms with Gasteiger partial charge in [0.2, 0.25) is 5.91 Å². The highest BCUT2D eigenvalue weighted by Crippen LogP contribution is 2.38. The number of ketones is 1. The standard InChI is InChI=1S/C24H28N2O4/c1-16(24(28)25-20-9-6-18(7-10-20)17(2)27)26-12-3-5-21(26)19-8-11-22-23(15-19)30-14-4-13-29-22/h6-11,15-16,21H,3-5,12-14H2,1-2H3,(H,25,28)/t16-,21+/m0/s1. The summed E-state index contributed by atoms with van der Waals surface area (Å²) in [5, 5.41) is 2.98. The fraction of sp³-hybridized carbons (Fsp3) is 0.417. The second-order valence-electron chi connectivity index (χ2n) is 7.95. The highest BCUT2D eigenvalue weighted by Gasteiger charge is 2.33. The first-order valence-electron chi connectivity index (χ1n) is 10.6. The van der Waals surface area contributed by atoms with Crippen molar-refractivity contribution in [2.45, 2.75) is 45.2 Å². The molecule has 2 atom stereocenters. The molecule has 6 nitrogen and oxygen atoms in total. The third-order valence-corrected chi connectivity index (χ3v) is 5.89. The van der Waals surface area contributed by atoms with Crippen LogP contribution in [-0.2, 0) is 4.79 Å². The van der Waals surface area contributed by atoms with E-state index in [2.05, 4.69) is 22.3 Å². The van der Waals surface area contributed by atoms with Crippen LogP contribution in [-0.4, -0.2) is 42.4 Å². The van der Waals surface area contributed by atoms with Gasteiger partial charge in [-0.15, -0.1) is 0 Å². The van der Waals surface area contributed by atoms with Gasteiger partial charge in [-0.3, -0.25) is 14.5 Å². The van der Waals surface area contributed by atoms with E-state index in [1.807, 2.05) is 13.0 Å². The zero-order chi connectivity index (χ0) is 21.1. The van der Waals surface area contributed by atoms with Crippen LogP contribution in [0.1, 0.15) is 55.1 Å². The Bertz CT molecular complexity index is 925. The molecule has 158 valence electrons. The van der Waals surface area contributed by atoms with Crippen LogP contribution in [0, 0.1) is 0 Å². The van der Waals surface area contributed by atoms with Crippen molar-refractivity contribution in [3.8, 4) is 11.5 Å². The Morgan fingerprint density at radius 2 is 1.77 bits per heavy atom. The maximum atomic E-state index is 12.9. The highest BCUT2D eigenvalue weighted by molar-refractivity contribution is 5.97. The van der Waals surface area contributed by atoms with Crippen LogP contribution >= 0.6 is 0 Å². The number of hydrogen-bond acceptors (Lipinski definition) is 5. The molecule has 0 aliphatic carbocycles. The van der Waals surface area contributed by atoms with Crippen LogP contribution in [0.4, 0.5) is 5.69 Å². The number of carbonyl (C=O) groups excluding carboxylic acids is 2. The van der Waals surface area contributed by atoms with Crippen molar-refractivity contribution in [1.29, 1.82) is 0 Å². The fourth-order valence-corrected chi connectivity index (χ4v) is 4.18. The fourth-order valence-electron chi connectivity index (χ4n) is 4.18. The van der Waals surface area contributed by atoms with Crippen molar-refractivity contribution < 1.29 is 19.1 Å². The Hall–Kier alpha value is -2.86. The van der Waals surface area contributed by atoms with Gasteiger partial charge in [-0.2, -0.15) is 0 Å². The number of hydrogen-bond donors (Lipinski definition) is 1. The molecule has 2 heterocycles. The summed E-state index contributed by atoms with van der Waals surface area (Å²) in [5.41, 5.74) is 2.49. The molecular formula is C24H28N2O4. The van der Waals surface area contributed by atoms with E-state index in [1.165, 1.54) is 6.92 Å². The third kappa shape index (κ3) is 4.33. The van der Waals surface area contributed by atoms with Gasteiger partial charge in [0.15, 0.2) is 17.3 Å². The first-order valence-corrected chi connectivity index (χ1v) is 10.6. The van der Waals surface area contributed by atoms with Crippen LogP contribution in [0.3, 0.4) is 0 Å². The number of anilines is 1. The minimum atomic E-state index is -0.277. The molecule has 2 aliphatic heterocycles. The van der Waals surface area contributed by atoms with Crippen LogP contribution in [0.5, 0.6) is 11.5 Å². The Labute approximate surface area is 177 Å². The van der Waals surface area contributed by atoms with E-state index < -0.39 is 0 Å². The molecule has 6 heteroatoms. The van der Waals surface area contributed by atoms with Gasteiger partial charge in [0, 0.05) is 23.7 Å². The van der Waals surface area contributed by atoms with Crippen molar-refractivity contribution in [2.75, 3.05) is 25.1 Å². The van der Waals surface area contributed by atoms with Gasteiger partial charge in [-0.1, -0.05) is 6.07 Å². The average Bonchev–Trinajstić information content (AvgIpc) is 3.12. The molecule has 0 radical (unpaired) electrons. The van der Waals surface area contributed by atoms with Crippen LogP contribution in [0.2, 0.25) is 0 Å². The Kier molecular flexibility index (Phi) is 6.04. The number of Topliss-reactive ketones (excluding diaryl/α,β-unsaturated/α-hetero) is 1. The lowest BCUT2D eigenvalue weighted by Crippen LogP contribution is -2.41. The van der Waals surface area contributed by atoms with Gasteiger partial charge in [-0.25, -0.2) is 0 Å². The van der Waals surface area contributed by atoms with Gasteiger partial charge < -0.3 is 14.8 Å². The molecule has 0 saturated carbocycles. The van der Waals surface area contributed by atoms with Gasteiger partial charge in [-0.05, 0) is 75.2 Å². The second-order valence-corrected chi connectivity index (χ2v) is 7.95. The van der Waals surface area contributed by atoms with E-state index in [0.717, 1.165) is 42.9 Å². The summed E-state index contributed by atoms with van der Waals surface area (Å²) < 4.78 is 11.6. The van der Waals surface area contributed by atoms with Gasteiger partial charge >= 0.3 is 0 Å². The molecule has 2 aromatic carbocycles. The van der Waals surface area contributed by atoms with E-state index in [-0.39, 0.29) is 23.8 Å². The second kappa shape index (κ2) is 8.88. The molecule has 1 fully saturated rings. The molecule has 30 heavy (non-hydrogen) atoms. The van der Waals surface area contributed by atoms with Crippen LogP contribution in [0.15, 0.2) is 42.5 Å². The number of nitrogens with zero attached hydrogens (tertiary/aromatic N) is 1. The molecule has 2 aliphatic rings. The number of fused-ring (bicyclic) bond motifs is 1. The van der Waals surface area contributed by atoms with Gasteiger partial charge in [0.1, 0.15) is 0 Å². The molecule has 1 N–H and O–H groups in total. The molecule has 0 aromatic heterocycles. The summed E-state index contributed by atoms with van der Waals surface area (Å²) >= 11 is 0. The van der Waals surface area contributed by atoms with Crippen molar-refractivity contribution in [1.82, 2.24) is 4.90 Å². The van der Waals surface area contributed by atoms with E-state index in [4.69, 9.17) is 9.47 Å². The van der Waals surface area contributed by atoms with E-state index >= 15 is 0 Å². The first kappa shape index (κ1) is 20.4. The molecular weight excluding hydrogens is 380 g/mol. The smallest absolute Gasteiger partial charge is 0.241 e. The third-order valence-electron chi connectivity index (χ3n) is 5.89. The molecule has 0 bridgehead atoms. The highest BCUT2D eigenvalue weighted by atomic mass is 16.5. The Morgan fingerprint density at radius 1 is 1.03 bits per heavy atom. The summed E-state index contributed by atoms with van der Waals surface area (Å²) in [6.07, 6.45) is 2.93. The normalized spacial score (nSPS) is 19.7. The number of likely N-dealkylation sites (tertiary alicyclic amines) is 1. The topological polar surface area (TPSA) is 67.9 Å². The quantitative estimate of drug-likeness (QED) is 0.751. The summed E-state index contributed by atoms with van der Waals surface area (Å²) in [5.74, 6) is 1.54. The molecule has 4 rings (SSSR count). The lowest BCUT2D eigenvalue weighted by Gasteiger charge is -2.30. The number of carbonyl (C=O) groups is 2. The lowest BCUT2D eigenvalue weighted by atomic mass is 10.0. The summed E-state index contributed by atoms with van der Waals surface area (Å²) in [7, 11) is 0. The van der Waals surface area contributed by atoms with E-state index in [1.54, 1.807) is 24.3 Å². The van der Waals surface area contributed by atoms with Crippen molar-refractivity contribution in [3.63, 3.8) is 0 Å². The molecule has 1 amide bonds. The predicted molar refractivity (Wildman–Crippen MR) is 115 cm³/mol. The molecule has 1 saturated heterocycles. The monoisotopic (exact) mass is 408 g/mol. The number of nitrogens with one attached hydrogen (secondary N) is 1. The molecule has 0 unspecified atom stereocenters. The maximum Gasteiger partial charge on any atom is 0.241 e. The zero-order valence-electron chi connectivity index (χ0n) is 17.5.